The van der Waals surface area contributed by atoms with Crippen LogP contribution in [-0.2, 0) is 15.0 Å². The van der Waals surface area contributed by atoms with Crippen molar-refractivity contribution in [3.63, 3.8) is 0 Å². The average Bonchev–Trinajstić information content (AvgIpc) is 3.03. The number of amidine groups is 1. The quantitative estimate of drug-likeness (QED) is 0.790. The molecule has 1 aromatic heterocycles. The monoisotopic (exact) mass is 408 g/mol. The molecule has 0 saturated carbocycles. The maximum absolute atomic E-state index is 12.7. The Morgan fingerprint density at radius 3 is 2.57 bits per heavy atom. The lowest BCUT2D eigenvalue weighted by Crippen LogP contribution is -2.71. The minimum absolute atomic E-state index is 0.157. The molecular formula is C22H24N4O4. The Morgan fingerprint density at radius 1 is 1.17 bits per heavy atom. The number of rotatable bonds is 2. The number of aliphatic imine (C=N–C) groups is 1. The van der Waals surface area contributed by atoms with Crippen molar-refractivity contribution >= 4 is 17.6 Å². The van der Waals surface area contributed by atoms with Gasteiger partial charge in [-0.3, -0.25) is 9.78 Å². The molecule has 3 N–H and O–H groups in total. The molecule has 5 rings (SSSR count). The van der Waals surface area contributed by atoms with Crippen LogP contribution in [0.3, 0.4) is 0 Å². The second kappa shape index (κ2) is 6.18. The molecule has 0 radical (unpaired) electrons. The van der Waals surface area contributed by atoms with Crippen molar-refractivity contribution in [3.05, 3.63) is 53.3 Å². The van der Waals surface area contributed by atoms with Crippen LogP contribution in [0.4, 0.5) is 5.69 Å². The standard InChI is InChI=1S/C22H24N4O4/c1-13-4-5-14(9-24-13)18(27)25-15-6-7-17-16(8-15)22(12-29-19(23)26-22)21(10-28-11-21)20(2,3)30-17/h4-9H,10-12H2,1-3H3,(H2,23,26)(H,25,27). The summed E-state index contributed by atoms with van der Waals surface area (Å²) >= 11 is 0. The van der Waals surface area contributed by atoms with Crippen molar-refractivity contribution in [2.75, 3.05) is 25.1 Å². The zero-order valence-electron chi connectivity index (χ0n) is 17.2. The Bertz CT molecular complexity index is 1060. The fourth-order valence-corrected chi connectivity index (χ4v) is 4.66. The minimum atomic E-state index is -0.738. The van der Waals surface area contributed by atoms with E-state index in [1.54, 1.807) is 18.3 Å². The maximum atomic E-state index is 12.7. The molecule has 30 heavy (non-hydrogen) atoms. The van der Waals surface area contributed by atoms with E-state index >= 15 is 0 Å². The molecule has 1 saturated heterocycles. The molecule has 0 aliphatic carbocycles. The minimum Gasteiger partial charge on any atom is -0.487 e. The molecule has 8 heteroatoms. The first-order valence-corrected chi connectivity index (χ1v) is 9.90. The number of hydrogen-bond acceptors (Lipinski definition) is 7. The van der Waals surface area contributed by atoms with E-state index in [2.05, 4.69) is 10.3 Å². The Hall–Kier alpha value is -3.13. The number of aryl methyl sites for hydroxylation is 1. The van der Waals surface area contributed by atoms with Gasteiger partial charge in [0.1, 0.15) is 23.5 Å². The van der Waals surface area contributed by atoms with Gasteiger partial charge in [-0.25, -0.2) is 4.99 Å². The molecule has 1 atom stereocenters. The molecule has 3 aliphatic heterocycles. The van der Waals surface area contributed by atoms with Gasteiger partial charge in [0.2, 0.25) is 0 Å². The average molecular weight is 408 g/mol. The van der Waals surface area contributed by atoms with Crippen LogP contribution in [-0.4, -0.2) is 42.3 Å². The predicted molar refractivity (Wildman–Crippen MR) is 111 cm³/mol. The molecule has 8 nitrogen and oxygen atoms in total. The van der Waals surface area contributed by atoms with E-state index < -0.39 is 16.6 Å². The molecule has 156 valence electrons. The maximum Gasteiger partial charge on any atom is 0.283 e. The van der Waals surface area contributed by atoms with Gasteiger partial charge in [-0.15, -0.1) is 0 Å². The molecule has 1 unspecified atom stereocenters. The summed E-state index contributed by atoms with van der Waals surface area (Å²) in [5.74, 6) is 0.468. The predicted octanol–water partition coefficient (Wildman–Crippen LogP) is 2.37. The molecule has 0 bridgehead atoms. The van der Waals surface area contributed by atoms with Gasteiger partial charge in [0.25, 0.3) is 11.9 Å². The van der Waals surface area contributed by atoms with Crippen LogP contribution in [0.5, 0.6) is 5.75 Å². The van der Waals surface area contributed by atoms with Gasteiger partial charge in [0.15, 0.2) is 0 Å². The van der Waals surface area contributed by atoms with Gasteiger partial charge in [0, 0.05) is 23.1 Å². The van der Waals surface area contributed by atoms with E-state index in [1.165, 1.54) is 0 Å². The number of amides is 1. The summed E-state index contributed by atoms with van der Waals surface area (Å²) in [6.07, 6.45) is 1.56. The Balaban J connectivity index is 1.56. The third-order valence-electron chi connectivity index (χ3n) is 6.59. The first kappa shape index (κ1) is 18.9. The summed E-state index contributed by atoms with van der Waals surface area (Å²) in [6.45, 7) is 7.26. The van der Waals surface area contributed by atoms with Crippen molar-refractivity contribution in [1.82, 2.24) is 4.98 Å². The van der Waals surface area contributed by atoms with Gasteiger partial charge in [-0.1, -0.05) is 0 Å². The molecule has 2 spiro atoms. The molecular weight excluding hydrogens is 384 g/mol. The van der Waals surface area contributed by atoms with E-state index in [4.69, 9.17) is 24.9 Å². The van der Waals surface area contributed by atoms with Crippen molar-refractivity contribution in [1.29, 1.82) is 0 Å². The Kier molecular flexibility index (Phi) is 3.89. The van der Waals surface area contributed by atoms with Gasteiger partial charge in [-0.2, -0.15) is 0 Å². The summed E-state index contributed by atoms with van der Waals surface area (Å²) in [4.78, 5) is 21.6. The van der Waals surface area contributed by atoms with Crippen molar-refractivity contribution in [3.8, 4) is 5.75 Å². The number of ether oxygens (including phenoxy) is 3. The highest BCUT2D eigenvalue weighted by atomic mass is 16.5. The summed E-state index contributed by atoms with van der Waals surface area (Å²) < 4.78 is 17.7. The molecule has 1 aromatic carbocycles. The van der Waals surface area contributed by atoms with Crippen LogP contribution in [0.15, 0.2) is 41.5 Å². The van der Waals surface area contributed by atoms with Crippen molar-refractivity contribution < 1.29 is 19.0 Å². The van der Waals surface area contributed by atoms with Crippen LogP contribution in [0.2, 0.25) is 0 Å². The second-order valence-electron chi connectivity index (χ2n) is 8.64. The Morgan fingerprint density at radius 2 is 1.97 bits per heavy atom. The van der Waals surface area contributed by atoms with E-state index in [-0.39, 0.29) is 11.9 Å². The van der Waals surface area contributed by atoms with Crippen LogP contribution in [0, 0.1) is 12.3 Å². The van der Waals surface area contributed by atoms with E-state index in [0.29, 0.717) is 36.8 Å². The highest BCUT2D eigenvalue weighted by molar-refractivity contribution is 6.04. The van der Waals surface area contributed by atoms with E-state index in [9.17, 15) is 4.79 Å². The first-order valence-electron chi connectivity index (χ1n) is 9.90. The number of nitrogens with two attached hydrogens (primary N) is 1. The van der Waals surface area contributed by atoms with Crippen LogP contribution >= 0.6 is 0 Å². The molecule has 1 amide bonds. The van der Waals surface area contributed by atoms with E-state index in [1.807, 2.05) is 39.0 Å². The van der Waals surface area contributed by atoms with E-state index in [0.717, 1.165) is 11.3 Å². The zero-order valence-corrected chi connectivity index (χ0v) is 17.2. The lowest BCUT2D eigenvalue weighted by Gasteiger charge is -2.61. The van der Waals surface area contributed by atoms with Crippen LogP contribution in [0.1, 0.15) is 35.5 Å². The summed E-state index contributed by atoms with van der Waals surface area (Å²) in [6, 6.07) is 9.29. The second-order valence-corrected chi connectivity index (χ2v) is 8.64. The van der Waals surface area contributed by atoms with Gasteiger partial charge < -0.3 is 25.3 Å². The SMILES string of the molecule is Cc1ccc(C(=O)Nc2ccc3c(c2)C2(COC(N)=N2)C2(COC2)C(C)(C)O3)cn1. The van der Waals surface area contributed by atoms with Crippen molar-refractivity contribution in [2.24, 2.45) is 16.1 Å². The molecule has 1 fully saturated rings. The number of anilines is 1. The topological polar surface area (TPSA) is 108 Å². The van der Waals surface area contributed by atoms with Gasteiger partial charge >= 0.3 is 0 Å². The highest BCUT2D eigenvalue weighted by Crippen LogP contribution is 2.62. The summed E-state index contributed by atoms with van der Waals surface area (Å²) in [5.41, 5.74) is 7.09. The highest BCUT2D eigenvalue weighted by Gasteiger charge is 2.71. The fraction of sp³-hybridized carbons (Fsp3) is 0.409. The largest absolute Gasteiger partial charge is 0.487 e. The lowest BCUT2D eigenvalue weighted by molar-refractivity contribution is -0.247. The third kappa shape index (κ3) is 2.46. The number of carbonyl (C=O) groups excluding carboxylic acids is 1. The number of hydrogen-bond donors (Lipinski definition) is 2. The number of aromatic nitrogens is 1. The van der Waals surface area contributed by atoms with Gasteiger partial charge in [0.05, 0.1) is 24.2 Å². The zero-order chi connectivity index (χ0) is 21.1. The number of carbonyl (C=O) groups is 1. The summed E-state index contributed by atoms with van der Waals surface area (Å²) in [7, 11) is 0. The lowest BCUT2D eigenvalue weighted by atomic mass is 9.55. The number of fused-ring (bicyclic) bond motifs is 3. The molecule has 3 aliphatic rings. The normalized spacial score (nSPS) is 25.0. The first-order chi connectivity index (χ1) is 14.3. The number of nitrogens with one attached hydrogen (secondary N) is 1. The number of nitrogens with zero attached hydrogens (tertiary/aromatic N) is 2. The number of pyridine rings is 1. The summed E-state index contributed by atoms with van der Waals surface area (Å²) in [5, 5.41) is 2.94. The Labute approximate surface area is 174 Å². The number of benzene rings is 1. The molecule has 2 aromatic rings. The smallest absolute Gasteiger partial charge is 0.283 e. The van der Waals surface area contributed by atoms with Gasteiger partial charge in [-0.05, 0) is 51.1 Å². The van der Waals surface area contributed by atoms with Crippen LogP contribution < -0.4 is 15.8 Å². The third-order valence-corrected chi connectivity index (χ3v) is 6.59. The van der Waals surface area contributed by atoms with Crippen LogP contribution in [0.25, 0.3) is 0 Å². The van der Waals surface area contributed by atoms with Crippen molar-refractivity contribution in [2.45, 2.75) is 31.9 Å². The fourth-order valence-electron chi connectivity index (χ4n) is 4.66. The molecule has 4 heterocycles.